The van der Waals surface area contributed by atoms with Crippen molar-refractivity contribution in [2.24, 2.45) is 0 Å². The van der Waals surface area contributed by atoms with Gasteiger partial charge in [-0.15, -0.1) is 0 Å². The van der Waals surface area contributed by atoms with Gasteiger partial charge in [-0.1, -0.05) is 30.3 Å². The fourth-order valence-electron chi connectivity index (χ4n) is 3.74. The normalized spacial score (nSPS) is 15.4. The van der Waals surface area contributed by atoms with Gasteiger partial charge in [-0.05, 0) is 45.0 Å². The molecule has 3 rings (SSSR count). The van der Waals surface area contributed by atoms with Gasteiger partial charge in [0.1, 0.15) is 0 Å². The third-order valence-corrected chi connectivity index (χ3v) is 5.46. The Bertz CT molecular complexity index is 863. The predicted molar refractivity (Wildman–Crippen MR) is 126 cm³/mol. The number of anilines is 2. The highest BCUT2D eigenvalue weighted by Gasteiger charge is 2.22. The summed E-state index contributed by atoms with van der Waals surface area (Å²) < 4.78 is 0. The molecule has 1 heterocycles. The molecule has 1 unspecified atom stereocenters. The monoisotopic (exact) mass is 423 g/mol. The Labute approximate surface area is 184 Å². The van der Waals surface area contributed by atoms with Gasteiger partial charge in [0.25, 0.3) is 5.91 Å². The summed E-state index contributed by atoms with van der Waals surface area (Å²) in [6.45, 7) is 10.3. The summed E-state index contributed by atoms with van der Waals surface area (Å²) >= 11 is 0. The van der Waals surface area contributed by atoms with Gasteiger partial charge in [-0.25, -0.2) is 4.79 Å². The minimum Gasteiger partial charge on any atom is -0.369 e. The Hall–Kier alpha value is -3.06. The number of para-hydroxylation sites is 2. The van der Waals surface area contributed by atoms with Gasteiger partial charge in [-0.2, -0.15) is 0 Å². The van der Waals surface area contributed by atoms with Crippen molar-refractivity contribution in [3.8, 4) is 0 Å². The minimum absolute atomic E-state index is 0.0178. The summed E-state index contributed by atoms with van der Waals surface area (Å²) in [5, 5.41) is 8.57. The lowest BCUT2D eigenvalue weighted by Gasteiger charge is -2.39. The second-order valence-corrected chi connectivity index (χ2v) is 8.22. The molecule has 3 N–H and O–H groups in total. The quantitative estimate of drug-likeness (QED) is 0.639. The molecule has 3 amide bonds. The molecule has 0 radical (unpaired) electrons. The van der Waals surface area contributed by atoms with Crippen molar-refractivity contribution in [3.05, 3.63) is 60.2 Å². The van der Waals surface area contributed by atoms with Crippen molar-refractivity contribution in [2.45, 2.75) is 32.9 Å². The molecule has 0 saturated carbocycles. The zero-order valence-electron chi connectivity index (χ0n) is 18.6. The molecule has 0 spiro atoms. The van der Waals surface area contributed by atoms with Gasteiger partial charge in [0.2, 0.25) is 0 Å². The highest BCUT2D eigenvalue weighted by Crippen LogP contribution is 2.17. The zero-order valence-corrected chi connectivity index (χ0v) is 18.6. The summed E-state index contributed by atoms with van der Waals surface area (Å²) in [6.07, 6.45) is 0. The van der Waals surface area contributed by atoms with Crippen LogP contribution in [-0.2, 0) is 0 Å². The standard InChI is InChI=1S/C24H33N5O2/c1-18(2)26-24(31)27-22-12-8-7-11-21(22)23(30)25-17-19(3)28-13-15-29(16-14-28)20-9-5-4-6-10-20/h4-12,18-19H,13-17H2,1-3H3,(H,25,30)(H2,26,27,31). The molecule has 2 aromatic rings. The Balaban J connectivity index is 1.50. The average Bonchev–Trinajstić information content (AvgIpc) is 2.77. The molecule has 1 aliphatic heterocycles. The SMILES string of the molecule is CC(C)NC(=O)Nc1ccccc1C(=O)NCC(C)N1CCN(c2ccccc2)CC1. The number of rotatable bonds is 7. The lowest BCUT2D eigenvalue weighted by Crippen LogP contribution is -2.52. The van der Waals surface area contributed by atoms with E-state index < -0.39 is 0 Å². The smallest absolute Gasteiger partial charge is 0.319 e. The van der Waals surface area contributed by atoms with E-state index in [-0.39, 0.29) is 24.0 Å². The second-order valence-electron chi connectivity index (χ2n) is 8.22. The van der Waals surface area contributed by atoms with Crippen LogP contribution in [0.1, 0.15) is 31.1 Å². The van der Waals surface area contributed by atoms with Crippen LogP contribution in [0, 0.1) is 0 Å². The van der Waals surface area contributed by atoms with Crippen LogP contribution in [0.4, 0.5) is 16.2 Å². The van der Waals surface area contributed by atoms with Crippen molar-refractivity contribution in [1.82, 2.24) is 15.5 Å². The van der Waals surface area contributed by atoms with Crippen LogP contribution in [0.25, 0.3) is 0 Å². The van der Waals surface area contributed by atoms with Gasteiger partial charge < -0.3 is 20.9 Å². The first-order chi connectivity index (χ1) is 14.9. The van der Waals surface area contributed by atoms with Gasteiger partial charge in [0.05, 0.1) is 11.3 Å². The third-order valence-electron chi connectivity index (χ3n) is 5.46. The second kappa shape index (κ2) is 10.8. The minimum atomic E-state index is -0.320. The lowest BCUT2D eigenvalue weighted by molar-refractivity contribution is 0.0935. The number of urea groups is 1. The van der Waals surface area contributed by atoms with Gasteiger partial charge >= 0.3 is 6.03 Å². The van der Waals surface area contributed by atoms with Crippen molar-refractivity contribution in [3.63, 3.8) is 0 Å². The first-order valence-electron chi connectivity index (χ1n) is 10.9. The molecule has 0 bridgehead atoms. The first-order valence-corrected chi connectivity index (χ1v) is 10.9. The summed E-state index contributed by atoms with van der Waals surface area (Å²) in [5.41, 5.74) is 2.22. The number of hydrogen-bond acceptors (Lipinski definition) is 4. The Morgan fingerprint density at radius 3 is 2.23 bits per heavy atom. The summed E-state index contributed by atoms with van der Waals surface area (Å²) in [4.78, 5) is 29.6. The predicted octanol–water partition coefficient (Wildman–Crippen LogP) is 3.16. The van der Waals surface area contributed by atoms with Crippen LogP contribution in [0.15, 0.2) is 54.6 Å². The van der Waals surface area contributed by atoms with Crippen LogP contribution in [0.5, 0.6) is 0 Å². The Morgan fingerprint density at radius 2 is 1.55 bits per heavy atom. The third kappa shape index (κ3) is 6.46. The number of amides is 3. The largest absolute Gasteiger partial charge is 0.369 e. The molecule has 1 fully saturated rings. The maximum atomic E-state index is 12.8. The molecule has 0 aliphatic carbocycles. The van der Waals surface area contributed by atoms with Crippen LogP contribution in [0.3, 0.4) is 0 Å². The molecule has 7 heteroatoms. The molecular weight excluding hydrogens is 390 g/mol. The molecular formula is C24H33N5O2. The maximum absolute atomic E-state index is 12.8. The number of piperazine rings is 1. The Kier molecular flexibility index (Phi) is 7.89. The van der Waals surface area contributed by atoms with E-state index in [0.29, 0.717) is 17.8 Å². The highest BCUT2D eigenvalue weighted by molar-refractivity contribution is 6.03. The highest BCUT2D eigenvalue weighted by atomic mass is 16.2. The number of nitrogens with one attached hydrogen (secondary N) is 3. The number of nitrogens with zero attached hydrogens (tertiary/aromatic N) is 2. The summed E-state index contributed by atoms with van der Waals surface area (Å²) in [5.74, 6) is -0.185. The fraction of sp³-hybridized carbons (Fsp3) is 0.417. The average molecular weight is 424 g/mol. The van der Waals surface area contributed by atoms with E-state index >= 15 is 0 Å². The Morgan fingerprint density at radius 1 is 0.903 bits per heavy atom. The van der Waals surface area contributed by atoms with Gasteiger partial charge in [0, 0.05) is 50.5 Å². The lowest BCUT2D eigenvalue weighted by atomic mass is 10.1. The molecule has 7 nitrogen and oxygen atoms in total. The number of carbonyl (C=O) groups excluding carboxylic acids is 2. The maximum Gasteiger partial charge on any atom is 0.319 e. The molecule has 1 atom stereocenters. The van der Waals surface area contributed by atoms with Crippen LogP contribution in [0.2, 0.25) is 0 Å². The summed E-state index contributed by atoms with van der Waals surface area (Å²) in [7, 11) is 0. The number of benzene rings is 2. The molecule has 166 valence electrons. The van der Waals surface area contributed by atoms with E-state index in [1.807, 2.05) is 19.9 Å². The topological polar surface area (TPSA) is 76.7 Å². The fourth-order valence-corrected chi connectivity index (χ4v) is 3.74. The van der Waals surface area contributed by atoms with Crippen LogP contribution in [-0.4, -0.2) is 61.6 Å². The number of hydrogen-bond donors (Lipinski definition) is 3. The molecule has 0 aromatic heterocycles. The van der Waals surface area contributed by atoms with Crippen molar-refractivity contribution in [2.75, 3.05) is 42.9 Å². The molecule has 31 heavy (non-hydrogen) atoms. The number of carbonyl (C=O) groups is 2. The van der Waals surface area contributed by atoms with Crippen LogP contribution < -0.4 is 20.9 Å². The molecule has 1 saturated heterocycles. The van der Waals surface area contributed by atoms with Gasteiger partial charge in [0.15, 0.2) is 0 Å². The van der Waals surface area contributed by atoms with E-state index in [0.717, 1.165) is 26.2 Å². The molecule has 2 aromatic carbocycles. The van der Waals surface area contributed by atoms with Crippen molar-refractivity contribution < 1.29 is 9.59 Å². The van der Waals surface area contributed by atoms with E-state index in [2.05, 4.69) is 56.9 Å². The summed E-state index contributed by atoms with van der Waals surface area (Å²) in [6, 6.07) is 17.5. The van der Waals surface area contributed by atoms with Crippen molar-refractivity contribution >= 4 is 23.3 Å². The van der Waals surface area contributed by atoms with E-state index in [4.69, 9.17) is 0 Å². The zero-order chi connectivity index (χ0) is 22.2. The van der Waals surface area contributed by atoms with E-state index in [1.54, 1.807) is 24.3 Å². The molecule has 1 aliphatic rings. The van der Waals surface area contributed by atoms with Crippen LogP contribution >= 0.6 is 0 Å². The van der Waals surface area contributed by atoms with Gasteiger partial charge in [-0.3, -0.25) is 9.69 Å². The first kappa shape index (κ1) is 22.6. The van der Waals surface area contributed by atoms with E-state index in [9.17, 15) is 9.59 Å². The van der Waals surface area contributed by atoms with Crippen molar-refractivity contribution in [1.29, 1.82) is 0 Å². The van der Waals surface area contributed by atoms with E-state index in [1.165, 1.54) is 5.69 Å².